The maximum atomic E-state index is 12.5. The number of carbonyl (C=O) groups is 1. The molecule has 6 nitrogen and oxygen atoms in total. The molecule has 29 heavy (non-hydrogen) atoms. The molecule has 0 aliphatic rings. The van der Waals surface area contributed by atoms with Crippen molar-refractivity contribution in [3.05, 3.63) is 63.0 Å². The highest BCUT2D eigenvalue weighted by atomic mass is 127. The van der Waals surface area contributed by atoms with Gasteiger partial charge in [-0.15, -0.1) is 10.2 Å². The van der Waals surface area contributed by atoms with Gasteiger partial charge in [0, 0.05) is 16.3 Å². The summed E-state index contributed by atoms with van der Waals surface area (Å²) >= 11 is 3.63. The summed E-state index contributed by atoms with van der Waals surface area (Å²) in [5, 5.41) is 12.2. The maximum absolute atomic E-state index is 12.5. The molecule has 2 aromatic carbocycles. The molecule has 0 spiro atoms. The van der Waals surface area contributed by atoms with E-state index in [9.17, 15) is 4.79 Å². The number of hydrogen-bond donors (Lipinski definition) is 1. The highest BCUT2D eigenvalue weighted by Gasteiger charge is 2.18. The third-order valence-electron chi connectivity index (χ3n) is 4.38. The number of ether oxygens (including phenoxy) is 1. The van der Waals surface area contributed by atoms with Crippen LogP contribution in [-0.4, -0.2) is 26.4 Å². The van der Waals surface area contributed by atoms with Crippen LogP contribution in [0.2, 0.25) is 0 Å². The predicted octanol–water partition coefficient (Wildman–Crippen LogP) is 4.91. The zero-order valence-electron chi connectivity index (χ0n) is 16.8. The molecule has 8 heteroatoms. The van der Waals surface area contributed by atoms with Gasteiger partial charge in [0.05, 0.1) is 5.75 Å². The first-order valence-corrected chi connectivity index (χ1v) is 11.2. The van der Waals surface area contributed by atoms with Crippen molar-refractivity contribution >= 4 is 45.9 Å². The molecule has 0 radical (unpaired) electrons. The monoisotopic (exact) mass is 522 g/mol. The standard InChI is InChI=1S/C21H23IN4O2S/c1-13-10-16(22)11-14(2)19(13)23-18(27)12-29-21-25-24-20(26(21)4)15(3)28-17-8-6-5-7-9-17/h5-11,15H,12H2,1-4H3,(H,23,27)/t15-/m0/s1. The van der Waals surface area contributed by atoms with Crippen LogP contribution in [0.3, 0.4) is 0 Å². The molecule has 1 amide bonds. The Kier molecular flexibility index (Phi) is 7.18. The first-order valence-electron chi connectivity index (χ1n) is 9.15. The van der Waals surface area contributed by atoms with Gasteiger partial charge < -0.3 is 14.6 Å². The second-order valence-corrected chi connectivity index (χ2v) is 8.91. The summed E-state index contributed by atoms with van der Waals surface area (Å²) in [4.78, 5) is 12.5. The quantitative estimate of drug-likeness (QED) is 0.353. The van der Waals surface area contributed by atoms with Gasteiger partial charge in [0.25, 0.3) is 0 Å². The van der Waals surface area contributed by atoms with Crippen LogP contribution in [0.25, 0.3) is 0 Å². The Hall–Kier alpha value is -2.07. The van der Waals surface area contributed by atoms with Crippen LogP contribution in [0.15, 0.2) is 47.6 Å². The molecule has 0 unspecified atom stereocenters. The zero-order chi connectivity index (χ0) is 21.0. The lowest BCUT2D eigenvalue weighted by atomic mass is 10.1. The maximum Gasteiger partial charge on any atom is 0.234 e. The third-order valence-corrected chi connectivity index (χ3v) is 6.03. The Bertz CT molecular complexity index is 984. The topological polar surface area (TPSA) is 69.0 Å². The molecule has 0 fully saturated rings. The lowest BCUT2D eigenvalue weighted by Crippen LogP contribution is -2.16. The van der Waals surface area contributed by atoms with Crippen LogP contribution in [0.1, 0.15) is 30.0 Å². The second-order valence-electron chi connectivity index (χ2n) is 6.72. The van der Waals surface area contributed by atoms with Crippen molar-refractivity contribution in [2.24, 2.45) is 7.05 Å². The smallest absolute Gasteiger partial charge is 0.234 e. The Morgan fingerprint density at radius 3 is 2.52 bits per heavy atom. The number of para-hydroxylation sites is 1. The first-order chi connectivity index (χ1) is 13.8. The van der Waals surface area contributed by atoms with Crippen molar-refractivity contribution in [2.45, 2.75) is 32.0 Å². The average molecular weight is 522 g/mol. The van der Waals surface area contributed by atoms with Crippen LogP contribution in [0.5, 0.6) is 5.75 Å². The van der Waals surface area contributed by atoms with Crippen molar-refractivity contribution in [3.8, 4) is 5.75 Å². The molecule has 3 aromatic rings. The van der Waals surface area contributed by atoms with Crippen LogP contribution in [0.4, 0.5) is 5.69 Å². The summed E-state index contributed by atoms with van der Waals surface area (Å²) in [6.07, 6.45) is -0.254. The molecule has 0 saturated carbocycles. The molecule has 1 heterocycles. The Morgan fingerprint density at radius 2 is 1.86 bits per heavy atom. The molecule has 1 aromatic heterocycles. The highest BCUT2D eigenvalue weighted by molar-refractivity contribution is 14.1. The Balaban J connectivity index is 1.61. The highest BCUT2D eigenvalue weighted by Crippen LogP contribution is 2.25. The Labute approximate surface area is 188 Å². The van der Waals surface area contributed by atoms with Crippen molar-refractivity contribution in [2.75, 3.05) is 11.1 Å². The minimum absolute atomic E-state index is 0.0689. The molecule has 0 aliphatic carbocycles. The lowest BCUT2D eigenvalue weighted by molar-refractivity contribution is -0.113. The summed E-state index contributed by atoms with van der Waals surface area (Å²) < 4.78 is 8.95. The lowest BCUT2D eigenvalue weighted by Gasteiger charge is -2.14. The van der Waals surface area contributed by atoms with E-state index in [1.54, 1.807) is 0 Å². The van der Waals surface area contributed by atoms with Gasteiger partial charge in [0.2, 0.25) is 5.91 Å². The van der Waals surface area contributed by atoms with Gasteiger partial charge in [-0.2, -0.15) is 0 Å². The molecule has 1 atom stereocenters. The van der Waals surface area contributed by atoms with Gasteiger partial charge in [-0.1, -0.05) is 30.0 Å². The number of anilines is 1. The van der Waals surface area contributed by atoms with E-state index in [0.29, 0.717) is 11.0 Å². The molecule has 152 valence electrons. The van der Waals surface area contributed by atoms with Gasteiger partial charge >= 0.3 is 0 Å². The van der Waals surface area contributed by atoms with Crippen LogP contribution >= 0.6 is 34.4 Å². The number of thioether (sulfide) groups is 1. The minimum atomic E-state index is -0.254. The third kappa shape index (κ3) is 5.51. The van der Waals surface area contributed by atoms with Gasteiger partial charge in [-0.3, -0.25) is 4.79 Å². The van der Waals surface area contributed by atoms with Crippen molar-refractivity contribution in [1.82, 2.24) is 14.8 Å². The average Bonchev–Trinajstić information content (AvgIpc) is 3.04. The van der Waals surface area contributed by atoms with Gasteiger partial charge in [0.15, 0.2) is 17.1 Å². The number of nitrogens with one attached hydrogen (secondary N) is 1. The largest absolute Gasteiger partial charge is 0.483 e. The summed E-state index contributed by atoms with van der Waals surface area (Å²) in [5.74, 6) is 1.67. The van der Waals surface area contributed by atoms with E-state index in [4.69, 9.17) is 4.74 Å². The molecule has 0 saturated heterocycles. The number of nitrogens with zero attached hydrogens (tertiary/aromatic N) is 3. The van der Waals surface area contributed by atoms with Crippen molar-refractivity contribution in [1.29, 1.82) is 0 Å². The summed E-state index contributed by atoms with van der Waals surface area (Å²) in [7, 11) is 1.88. The minimum Gasteiger partial charge on any atom is -0.483 e. The van der Waals surface area contributed by atoms with Crippen molar-refractivity contribution in [3.63, 3.8) is 0 Å². The molecule has 1 N–H and O–H groups in total. The van der Waals surface area contributed by atoms with E-state index in [0.717, 1.165) is 26.1 Å². The molecule has 0 bridgehead atoms. The van der Waals surface area contributed by atoms with Crippen LogP contribution in [-0.2, 0) is 11.8 Å². The van der Waals surface area contributed by atoms with Crippen LogP contribution in [0, 0.1) is 17.4 Å². The fourth-order valence-corrected chi connectivity index (χ4v) is 4.63. The van der Waals surface area contributed by atoms with E-state index in [1.165, 1.54) is 11.8 Å². The number of hydrogen-bond acceptors (Lipinski definition) is 5. The summed E-state index contributed by atoms with van der Waals surface area (Å²) in [6, 6.07) is 13.7. The SMILES string of the molecule is Cc1cc(I)cc(C)c1NC(=O)CSc1nnc([C@H](C)Oc2ccccc2)n1C. The van der Waals surface area contributed by atoms with Crippen molar-refractivity contribution < 1.29 is 9.53 Å². The van der Waals surface area contributed by atoms with Gasteiger partial charge in [0.1, 0.15) is 5.75 Å². The number of carbonyl (C=O) groups excluding carboxylic acids is 1. The summed E-state index contributed by atoms with van der Waals surface area (Å²) in [5.41, 5.74) is 2.99. The Morgan fingerprint density at radius 1 is 1.21 bits per heavy atom. The van der Waals surface area contributed by atoms with E-state index in [1.807, 2.05) is 62.7 Å². The van der Waals surface area contributed by atoms with E-state index in [-0.39, 0.29) is 17.8 Å². The van der Waals surface area contributed by atoms with E-state index < -0.39 is 0 Å². The number of amides is 1. The fourth-order valence-electron chi connectivity index (χ4n) is 2.98. The number of aromatic nitrogens is 3. The normalized spacial score (nSPS) is 11.9. The number of halogens is 1. The van der Waals surface area contributed by atoms with Gasteiger partial charge in [-0.25, -0.2) is 0 Å². The molecule has 3 rings (SSSR count). The van der Waals surface area contributed by atoms with Gasteiger partial charge in [-0.05, 0) is 78.8 Å². The van der Waals surface area contributed by atoms with E-state index >= 15 is 0 Å². The van der Waals surface area contributed by atoms with E-state index in [2.05, 4.69) is 50.2 Å². The summed E-state index contributed by atoms with van der Waals surface area (Å²) in [6.45, 7) is 5.93. The molecule has 0 aliphatic heterocycles. The number of rotatable bonds is 7. The molecular weight excluding hydrogens is 499 g/mol. The molecular formula is C21H23IN4O2S. The first kappa shape index (κ1) is 21.6. The number of benzene rings is 2. The van der Waals surface area contributed by atoms with Crippen LogP contribution < -0.4 is 10.1 Å². The number of aryl methyl sites for hydroxylation is 2. The fraction of sp³-hybridized carbons (Fsp3) is 0.286. The second kappa shape index (κ2) is 9.62. The predicted molar refractivity (Wildman–Crippen MR) is 124 cm³/mol. The zero-order valence-corrected chi connectivity index (χ0v) is 19.7.